The van der Waals surface area contributed by atoms with Gasteiger partial charge in [0.05, 0.1) is 6.61 Å². The molecule has 1 aromatic heterocycles. The Morgan fingerprint density at radius 3 is 2.35 bits per heavy atom. The van der Waals surface area contributed by atoms with Crippen LogP contribution in [0.4, 0.5) is 5.82 Å². The fourth-order valence-corrected chi connectivity index (χ4v) is 5.53. The zero-order chi connectivity index (χ0) is 23.8. The molecule has 1 aromatic rings. The number of aliphatic hydroxyl groups is 2. The van der Waals surface area contributed by atoms with E-state index in [0.29, 0.717) is 0 Å². The van der Waals surface area contributed by atoms with Crippen molar-refractivity contribution in [3.8, 4) is 0 Å². The smallest absolute Gasteiger partial charge is 0.387 e. The summed E-state index contributed by atoms with van der Waals surface area (Å²) in [6, 6.07) is 1.12. The standard InChI is InChI=1S/C10H18N3O15P3/c1-10(16)7(14)5(26-8(10)13-3-2-6(12-17)11-9(13)15)4-25-30(21,22)28-31(23,24)27-29(18,19)20/h2-3,5,7-8,14,16-17H,4H2,1H3,(H,21,22)(H,23,24)(H,11,12,15)(H2,18,19,20)/t5-,7?,8-,10-/m1/s1. The Morgan fingerprint density at radius 1 is 1.23 bits per heavy atom. The summed E-state index contributed by atoms with van der Waals surface area (Å²) in [5.41, 5.74) is -1.58. The van der Waals surface area contributed by atoms with Crippen molar-refractivity contribution in [2.45, 2.75) is 31.0 Å². The Kier molecular flexibility index (Phi) is 7.65. The van der Waals surface area contributed by atoms with Gasteiger partial charge in [0.15, 0.2) is 12.0 Å². The molecule has 2 rings (SSSR count). The van der Waals surface area contributed by atoms with Crippen LogP contribution in [0.15, 0.2) is 17.1 Å². The zero-order valence-electron chi connectivity index (χ0n) is 15.2. The molecule has 6 atom stereocenters. The second-order valence-electron chi connectivity index (χ2n) is 6.20. The normalized spacial score (nSPS) is 30.5. The molecule has 8 N–H and O–H groups in total. The van der Waals surface area contributed by atoms with Crippen molar-refractivity contribution in [2.75, 3.05) is 12.1 Å². The lowest BCUT2D eigenvalue weighted by Crippen LogP contribution is -2.46. The van der Waals surface area contributed by atoms with Crippen molar-refractivity contribution in [1.82, 2.24) is 9.55 Å². The summed E-state index contributed by atoms with van der Waals surface area (Å²) < 4.78 is 51.1. The summed E-state index contributed by atoms with van der Waals surface area (Å²) >= 11 is 0. The van der Waals surface area contributed by atoms with Crippen molar-refractivity contribution in [3.05, 3.63) is 22.7 Å². The minimum Gasteiger partial charge on any atom is -0.387 e. The summed E-state index contributed by atoms with van der Waals surface area (Å²) in [6.45, 7) is -0.00618. The van der Waals surface area contributed by atoms with Crippen LogP contribution in [0.3, 0.4) is 0 Å². The molecule has 21 heteroatoms. The minimum absolute atomic E-state index is 0.233. The highest BCUT2D eigenvalue weighted by atomic mass is 31.3. The summed E-state index contributed by atoms with van der Waals surface area (Å²) in [7, 11) is -16.8. The number of aromatic nitrogens is 2. The van der Waals surface area contributed by atoms with E-state index in [4.69, 9.17) is 24.6 Å². The van der Waals surface area contributed by atoms with Gasteiger partial charge in [-0.15, -0.1) is 0 Å². The largest absolute Gasteiger partial charge is 0.490 e. The van der Waals surface area contributed by atoms with Gasteiger partial charge < -0.3 is 34.5 Å². The summed E-state index contributed by atoms with van der Waals surface area (Å²) in [6.07, 6.45) is -3.99. The number of hydrogen-bond donors (Lipinski definition) is 8. The third-order valence-electron chi connectivity index (χ3n) is 3.77. The van der Waals surface area contributed by atoms with Gasteiger partial charge in [0.1, 0.15) is 17.8 Å². The number of aliphatic hydroxyl groups excluding tert-OH is 1. The van der Waals surface area contributed by atoms with Crippen LogP contribution in [-0.2, 0) is 31.6 Å². The number of ether oxygens (including phenoxy) is 1. The third kappa shape index (κ3) is 6.71. The first kappa shape index (κ1) is 26.2. The Morgan fingerprint density at radius 2 is 1.84 bits per heavy atom. The van der Waals surface area contributed by atoms with Crippen molar-refractivity contribution in [2.24, 2.45) is 0 Å². The molecule has 3 unspecified atom stereocenters. The Hall–Kier alpha value is -1.07. The first-order valence-corrected chi connectivity index (χ1v) is 12.3. The lowest BCUT2D eigenvalue weighted by Gasteiger charge is -2.27. The molecule has 0 bridgehead atoms. The van der Waals surface area contributed by atoms with Crippen LogP contribution in [0.25, 0.3) is 0 Å². The number of phosphoric acid groups is 3. The molecule has 1 fully saturated rings. The van der Waals surface area contributed by atoms with E-state index in [1.165, 1.54) is 0 Å². The average Bonchev–Trinajstić information content (AvgIpc) is 2.80. The van der Waals surface area contributed by atoms with Gasteiger partial charge in [0, 0.05) is 6.20 Å². The molecule has 0 amide bonds. The van der Waals surface area contributed by atoms with Gasteiger partial charge in [-0.2, -0.15) is 13.6 Å². The van der Waals surface area contributed by atoms with E-state index in [-0.39, 0.29) is 5.82 Å². The molecule has 178 valence electrons. The topological polar surface area (TPSA) is 277 Å². The first-order valence-electron chi connectivity index (χ1n) is 7.81. The molecule has 1 aliphatic rings. The molecule has 0 spiro atoms. The SMILES string of the molecule is C[C@@]1(O)C(O)[C@@H](COP(=O)(O)OP(=O)(O)OP(=O)(O)O)O[C@H]1n1ccc(NO)nc1=O. The summed E-state index contributed by atoms with van der Waals surface area (Å²) in [4.78, 5) is 50.9. The maximum Gasteiger partial charge on any atom is 0.490 e. The van der Waals surface area contributed by atoms with E-state index in [1.54, 1.807) is 5.48 Å². The number of phosphoric ester groups is 1. The van der Waals surface area contributed by atoms with E-state index >= 15 is 0 Å². The van der Waals surface area contributed by atoms with Gasteiger partial charge >= 0.3 is 29.2 Å². The highest BCUT2D eigenvalue weighted by Gasteiger charge is 2.54. The van der Waals surface area contributed by atoms with E-state index in [1.807, 2.05) is 0 Å². The van der Waals surface area contributed by atoms with Crippen molar-refractivity contribution in [1.29, 1.82) is 0 Å². The quantitative estimate of drug-likeness (QED) is 0.136. The number of hydrogen-bond acceptors (Lipinski definition) is 13. The monoisotopic (exact) mass is 513 g/mol. The Balaban J connectivity index is 2.13. The summed E-state index contributed by atoms with van der Waals surface area (Å²) in [5, 5.41) is 29.5. The van der Waals surface area contributed by atoms with Crippen molar-refractivity contribution in [3.63, 3.8) is 0 Å². The van der Waals surface area contributed by atoms with E-state index in [0.717, 1.165) is 23.8 Å². The molecule has 31 heavy (non-hydrogen) atoms. The number of rotatable bonds is 9. The summed E-state index contributed by atoms with van der Waals surface area (Å²) in [5.74, 6) is -0.233. The van der Waals surface area contributed by atoms with Crippen LogP contribution in [0, 0.1) is 0 Å². The molecule has 2 heterocycles. The van der Waals surface area contributed by atoms with Crippen LogP contribution in [0.1, 0.15) is 13.2 Å². The predicted octanol–water partition coefficient (Wildman–Crippen LogP) is -1.60. The molecular formula is C10H18N3O15P3. The second kappa shape index (κ2) is 9.05. The predicted molar refractivity (Wildman–Crippen MR) is 94.3 cm³/mol. The maximum absolute atomic E-state index is 12.0. The Bertz CT molecular complexity index is 1010. The van der Waals surface area contributed by atoms with Crippen LogP contribution in [0.2, 0.25) is 0 Å². The molecule has 0 saturated carbocycles. The molecule has 1 saturated heterocycles. The van der Waals surface area contributed by atoms with Gasteiger partial charge in [-0.3, -0.25) is 19.8 Å². The first-order chi connectivity index (χ1) is 14.0. The third-order valence-corrected chi connectivity index (χ3v) is 7.57. The van der Waals surface area contributed by atoms with Gasteiger partial charge in [-0.1, -0.05) is 0 Å². The van der Waals surface area contributed by atoms with Crippen molar-refractivity contribution < 1.29 is 66.6 Å². The number of anilines is 1. The Labute approximate surface area is 172 Å². The molecule has 0 aliphatic carbocycles. The van der Waals surface area contributed by atoms with Crippen LogP contribution >= 0.6 is 23.5 Å². The lowest BCUT2D eigenvalue weighted by atomic mass is 9.96. The number of nitrogens with one attached hydrogen (secondary N) is 1. The lowest BCUT2D eigenvalue weighted by molar-refractivity contribution is -0.0985. The zero-order valence-corrected chi connectivity index (χ0v) is 17.9. The average molecular weight is 513 g/mol. The fourth-order valence-electron chi connectivity index (χ4n) is 2.50. The van der Waals surface area contributed by atoms with Gasteiger partial charge in [-0.05, 0) is 13.0 Å². The minimum atomic E-state index is -5.75. The molecular weight excluding hydrogens is 495 g/mol. The number of nitrogens with zero attached hydrogens (tertiary/aromatic N) is 2. The molecule has 1 aliphatic heterocycles. The van der Waals surface area contributed by atoms with Crippen LogP contribution < -0.4 is 11.2 Å². The molecule has 0 radical (unpaired) electrons. The maximum atomic E-state index is 12.0. The van der Waals surface area contributed by atoms with Gasteiger partial charge in [0.25, 0.3) is 0 Å². The second-order valence-corrected chi connectivity index (χ2v) is 10.6. The fraction of sp³-hybridized carbons (Fsp3) is 0.600. The highest BCUT2D eigenvalue weighted by Crippen LogP contribution is 2.66. The van der Waals surface area contributed by atoms with Gasteiger partial charge in [0.2, 0.25) is 0 Å². The van der Waals surface area contributed by atoms with E-state index < -0.39 is 59.8 Å². The van der Waals surface area contributed by atoms with Crippen molar-refractivity contribution >= 4 is 29.3 Å². The molecule has 0 aromatic carbocycles. The molecule has 18 nitrogen and oxygen atoms in total. The van der Waals surface area contributed by atoms with Crippen LogP contribution in [0.5, 0.6) is 0 Å². The van der Waals surface area contributed by atoms with Gasteiger partial charge in [-0.25, -0.2) is 18.5 Å². The highest BCUT2D eigenvalue weighted by molar-refractivity contribution is 7.66. The van der Waals surface area contributed by atoms with E-state index in [2.05, 4.69) is 18.1 Å². The van der Waals surface area contributed by atoms with E-state index in [9.17, 15) is 33.6 Å². The van der Waals surface area contributed by atoms with Crippen LogP contribution in [-0.4, -0.2) is 69.0 Å².